The zero-order chi connectivity index (χ0) is 21.0. The van der Waals surface area contributed by atoms with E-state index in [9.17, 15) is 4.79 Å². The first kappa shape index (κ1) is 21.1. The maximum atomic E-state index is 12.0. The van der Waals surface area contributed by atoms with Crippen LogP contribution in [0.3, 0.4) is 0 Å². The number of hydrogen-bond acceptors (Lipinski definition) is 1. The van der Waals surface area contributed by atoms with Crippen molar-refractivity contribution in [2.45, 2.75) is 80.1 Å². The van der Waals surface area contributed by atoms with E-state index in [-0.39, 0.29) is 5.41 Å². The lowest BCUT2D eigenvalue weighted by molar-refractivity contribution is -0.116. The van der Waals surface area contributed by atoms with Crippen molar-refractivity contribution in [3.8, 4) is 0 Å². The van der Waals surface area contributed by atoms with E-state index in [0.717, 1.165) is 36.5 Å². The minimum absolute atomic E-state index is 0.227. The van der Waals surface area contributed by atoms with Crippen molar-refractivity contribution in [1.29, 1.82) is 0 Å². The normalized spacial score (nSPS) is 43.7. The van der Waals surface area contributed by atoms with Crippen LogP contribution in [0.2, 0.25) is 0 Å². The molecule has 0 unspecified atom stereocenters. The van der Waals surface area contributed by atoms with Crippen molar-refractivity contribution >= 4 is 5.78 Å². The first-order valence-corrected chi connectivity index (χ1v) is 12.3. The number of allylic oxidation sites excluding steroid dienone is 6. The summed E-state index contributed by atoms with van der Waals surface area (Å²) in [6, 6.07) is 0. The predicted octanol–water partition coefficient (Wildman–Crippen LogP) is 7.39. The number of hydrogen-bond donors (Lipinski definition) is 0. The largest absolute Gasteiger partial charge is 0.295 e. The Balaban J connectivity index is 1.57. The number of rotatable bonds is 4. The molecule has 4 aliphatic rings. The van der Waals surface area contributed by atoms with Crippen LogP contribution in [-0.4, -0.2) is 5.78 Å². The van der Waals surface area contributed by atoms with E-state index in [1.807, 2.05) is 6.08 Å². The van der Waals surface area contributed by atoms with Gasteiger partial charge in [0.2, 0.25) is 0 Å². The average Bonchev–Trinajstić information content (AvgIpc) is 3.03. The van der Waals surface area contributed by atoms with E-state index in [4.69, 9.17) is 0 Å². The molecule has 0 N–H and O–H groups in total. The molecule has 0 bridgehead atoms. The molecule has 0 saturated heterocycles. The van der Waals surface area contributed by atoms with Gasteiger partial charge in [0.25, 0.3) is 0 Å². The lowest BCUT2D eigenvalue weighted by Gasteiger charge is -2.56. The first-order valence-electron chi connectivity index (χ1n) is 12.3. The fraction of sp³-hybridized carbons (Fsp3) is 0.750. The highest BCUT2D eigenvalue weighted by atomic mass is 16.1. The summed E-state index contributed by atoms with van der Waals surface area (Å²) in [6.45, 7) is 14.6. The first-order chi connectivity index (χ1) is 13.7. The van der Waals surface area contributed by atoms with Crippen molar-refractivity contribution < 1.29 is 4.79 Å². The van der Waals surface area contributed by atoms with E-state index in [0.29, 0.717) is 29.0 Å². The summed E-state index contributed by atoms with van der Waals surface area (Å²) in [5.41, 5.74) is 2.02. The van der Waals surface area contributed by atoms with E-state index < -0.39 is 0 Å². The number of carbonyl (C=O) groups excluding carboxylic acids is 1. The van der Waals surface area contributed by atoms with Crippen LogP contribution < -0.4 is 0 Å². The van der Waals surface area contributed by atoms with Crippen molar-refractivity contribution in [2.75, 3.05) is 0 Å². The highest BCUT2D eigenvalue weighted by molar-refractivity contribution is 5.92. The van der Waals surface area contributed by atoms with Crippen LogP contribution in [0.1, 0.15) is 80.1 Å². The van der Waals surface area contributed by atoms with E-state index in [1.54, 1.807) is 0 Å². The van der Waals surface area contributed by atoms with Crippen molar-refractivity contribution in [2.24, 2.45) is 52.3 Å². The molecule has 0 heterocycles. The predicted molar refractivity (Wildman–Crippen MR) is 122 cm³/mol. The second-order valence-electron chi connectivity index (χ2n) is 11.7. The van der Waals surface area contributed by atoms with Crippen LogP contribution in [0.4, 0.5) is 0 Å². The third-order valence-electron chi connectivity index (χ3n) is 9.99. The van der Waals surface area contributed by atoms with Crippen LogP contribution in [0.25, 0.3) is 0 Å². The van der Waals surface area contributed by atoms with Gasteiger partial charge >= 0.3 is 0 Å². The molecule has 2 fully saturated rings. The Bertz CT molecular complexity index is 739. The third-order valence-corrected chi connectivity index (χ3v) is 9.99. The van der Waals surface area contributed by atoms with Crippen molar-refractivity contribution in [3.63, 3.8) is 0 Å². The van der Waals surface area contributed by atoms with Gasteiger partial charge in [-0.1, -0.05) is 65.8 Å². The van der Waals surface area contributed by atoms with Gasteiger partial charge in [-0.3, -0.25) is 4.79 Å². The fourth-order valence-corrected chi connectivity index (χ4v) is 7.61. The standard InChI is InChI=1S/C28H42O/c1-18(2)19(3)7-8-20(4)24-11-12-25-23-10-9-21-17-22(29)13-15-27(21,5)26(23)14-16-28(24,25)6/h7-10,17-20,23-26H,11-16H2,1-6H3/b8-7+/t19-,20-,23-,24+,25-,26-,27-,28+/m0/s1. The molecule has 0 aromatic carbocycles. The van der Waals surface area contributed by atoms with Crippen molar-refractivity contribution in [1.82, 2.24) is 0 Å². The summed E-state index contributed by atoms with van der Waals surface area (Å²) in [4.78, 5) is 12.0. The number of ketones is 1. The molecule has 29 heavy (non-hydrogen) atoms. The fourth-order valence-electron chi connectivity index (χ4n) is 7.61. The second-order valence-corrected chi connectivity index (χ2v) is 11.7. The molecule has 1 nitrogen and oxygen atoms in total. The zero-order valence-electron chi connectivity index (χ0n) is 19.6. The third kappa shape index (κ3) is 3.41. The van der Waals surface area contributed by atoms with Gasteiger partial charge in [-0.05, 0) is 96.0 Å². The lowest BCUT2D eigenvalue weighted by Crippen LogP contribution is -2.49. The Morgan fingerprint density at radius 3 is 2.48 bits per heavy atom. The molecule has 4 aliphatic carbocycles. The van der Waals surface area contributed by atoms with E-state index in [2.05, 4.69) is 65.8 Å². The summed E-state index contributed by atoms with van der Waals surface area (Å²) in [5, 5.41) is 0. The minimum atomic E-state index is 0.227. The SMILES string of the molecule is CC(C)[C@@H](C)/C=C/[C@H](C)[C@H]1CC[C@H]2[C@@H]3C=CC4=CC(=O)CC[C@]4(C)[C@H]3CC[C@]12C. The zero-order valence-corrected chi connectivity index (χ0v) is 19.6. The summed E-state index contributed by atoms with van der Waals surface area (Å²) < 4.78 is 0. The van der Waals surface area contributed by atoms with Gasteiger partial charge in [0.05, 0.1) is 0 Å². The van der Waals surface area contributed by atoms with Crippen molar-refractivity contribution in [3.05, 3.63) is 36.0 Å². The van der Waals surface area contributed by atoms with Gasteiger partial charge in [0, 0.05) is 6.42 Å². The summed E-state index contributed by atoms with van der Waals surface area (Å²) in [5.74, 6) is 5.46. The molecule has 0 aromatic rings. The average molecular weight is 395 g/mol. The van der Waals surface area contributed by atoms with Gasteiger partial charge in [0.15, 0.2) is 5.78 Å². The quantitative estimate of drug-likeness (QED) is 0.454. The maximum Gasteiger partial charge on any atom is 0.156 e. The molecular formula is C28H42O. The Kier molecular flexibility index (Phi) is 5.50. The van der Waals surface area contributed by atoms with Crippen LogP contribution in [-0.2, 0) is 4.79 Å². The molecular weight excluding hydrogens is 352 g/mol. The van der Waals surface area contributed by atoms with Gasteiger partial charge in [-0.25, -0.2) is 0 Å². The summed E-state index contributed by atoms with van der Waals surface area (Å²) in [6.07, 6.45) is 19.1. The monoisotopic (exact) mass is 394 g/mol. The lowest BCUT2D eigenvalue weighted by atomic mass is 9.48. The topological polar surface area (TPSA) is 17.1 Å². The van der Waals surface area contributed by atoms with E-state index in [1.165, 1.54) is 31.3 Å². The molecule has 2 saturated carbocycles. The van der Waals surface area contributed by atoms with Gasteiger partial charge < -0.3 is 0 Å². The Labute approximate surface area is 179 Å². The Hall–Kier alpha value is -1.11. The van der Waals surface area contributed by atoms with Gasteiger partial charge in [-0.2, -0.15) is 0 Å². The number of fused-ring (bicyclic) bond motifs is 5. The molecule has 4 rings (SSSR count). The van der Waals surface area contributed by atoms with Crippen LogP contribution in [0, 0.1) is 52.3 Å². The molecule has 0 spiro atoms. The molecule has 8 atom stereocenters. The molecule has 1 heteroatoms. The highest BCUT2D eigenvalue weighted by Gasteiger charge is 2.58. The summed E-state index contributed by atoms with van der Waals surface area (Å²) in [7, 11) is 0. The molecule has 0 aromatic heterocycles. The number of carbonyl (C=O) groups is 1. The van der Waals surface area contributed by atoms with Gasteiger partial charge in [0.1, 0.15) is 0 Å². The molecule has 0 aliphatic heterocycles. The Morgan fingerprint density at radius 2 is 1.76 bits per heavy atom. The molecule has 0 amide bonds. The maximum absolute atomic E-state index is 12.0. The molecule has 160 valence electrons. The Morgan fingerprint density at radius 1 is 1.00 bits per heavy atom. The van der Waals surface area contributed by atoms with Crippen LogP contribution in [0.15, 0.2) is 36.0 Å². The molecule has 0 radical (unpaired) electrons. The second kappa shape index (κ2) is 7.54. The summed E-state index contributed by atoms with van der Waals surface area (Å²) >= 11 is 0. The van der Waals surface area contributed by atoms with Crippen LogP contribution in [0.5, 0.6) is 0 Å². The van der Waals surface area contributed by atoms with E-state index >= 15 is 0 Å². The van der Waals surface area contributed by atoms with Gasteiger partial charge in [-0.15, -0.1) is 0 Å². The highest BCUT2D eigenvalue weighted by Crippen LogP contribution is 2.66. The minimum Gasteiger partial charge on any atom is -0.295 e. The smallest absolute Gasteiger partial charge is 0.156 e. The van der Waals surface area contributed by atoms with Crippen LogP contribution >= 0.6 is 0 Å².